The Balaban J connectivity index is 1.47. The first kappa shape index (κ1) is 24.5. The fourth-order valence-electron chi connectivity index (χ4n) is 4.77. The van der Waals surface area contributed by atoms with Crippen molar-refractivity contribution in [2.75, 3.05) is 4.72 Å². The van der Waals surface area contributed by atoms with E-state index in [1.165, 1.54) is 0 Å². The molecule has 0 aliphatic carbocycles. The lowest BCUT2D eigenvalue weighted by atomic mass is 10.1. The Kier molecular flexibility index (Phi) is 6.17. The molecule has 39 heavy (non-hydrogen) atoms. The van der Waals surface area contributed by atoms with Gasteiger partial charge in [0.05, 0.1) is 27.0 Å². The monoisotopic (exact) mass is 531 g/mol. The first-order valence-electron chi connectivity index (χ1n) is 12.5. The van der Waals surface area contributed by atoms with Crippen molar-refractivity contribution in [1.29, 1.82) is 0 Å². The highest BCUT2D eigenvalue weighted by atomic mass is 32.2. The fraction of sp³-hybridized carbons (Fsp3) is 0.0645. The van der Waals surface area contributed by atoms with E-state index in [4.69, 9.17) is 4.99 Å². The standard InChI is InChI=1S/C31H25N5O2S/c1-21-20-22(2)33-31(32-21)35-39(37,38)25-18-16-23(17-19-25)34-30-26-12-6-8-14-28(26)36(24-10-4-3-5-11-24)29-15-9-7-13-27(29)30/h3-20H,1-2H3,(H,32,33,35). The molecule has 192 valence electrons. The van der Waals surface area contributed by atoms with Gasteiger partial charge in [0.1, 0.15) is 0 Å². The van der Waals surface area contributed by atoms with Gasteiger partial charge in [-0.3, -0.25) is 0 Å². The smallest absolute Gasteiger partial charge is 0.264 e. The quantitative estimate of drug-likeness (QED) is 0.267. The molecular formula is C31H25N5O2S. The third-order valence-corrected chi connectivity index (χ3v) is 7.75. The van der Waals surface area contributed by atoms with Crippen LogP contribution >= 0.6 is 0 Å². The van der Waals surface area contributed by atoms with Crippen LogP contribution in [0.4, 0.5) is 11.6 Å². The molecule has 0 saturated heterocycles. The number of benzene rings is 4. The van der Waals surface area contributed by atoms with Crippen molar-refractivity contribution in [3.05, 3.63) is 126 Å². The lowest BCUT2D eigenvalue weighted by molar-refractivity contribution is 0.601. The predicted octanol–water partition coefficient (Wildman–Crippen LogP) is 6.22. The Hall–Kier alpha value is -4.82. The number of nitrogens with one attached hydrogen (secondary N) is 1. The Morgan fingerprint density at radius 3 is 1.82 bits per heavy atom. The average Bonchev–Trinajstić information content (AvgIpc) is 2.93. The van der Waals surface area contributed by atoms with Crippen molar-refractivity contribution < 1.29 is 8.42 Å². The maximum absolute atomic E-state index is 13.0. The number of rotatable bonds is 5. The molecule has 0 amide bonds. The molecule has 4 aromatic carbocycles. The van der Waals surface area contributed by atoms with Crippen LogP contribution in [0.15, 0.2) is 119 Å². The number of para-hydroxylation sites is 3. The van der Waals surface area contributed by atoms with E-state index in [9.17, 15) is 8.42 Å². The summed E-state index contributed by atoms with van der Waals surface area (Å²) in [5, 5.41) is 2.81. The lowest BCUT2D eigenvalue weighted by Crippen LogP contribution is -2.15. The molecule has 0 aliphatic heterocycles. The highest BCUT2D eigenvalue weighted by molar-refractivity contribution is 7.92. The highest BCUT2D eigenvalue weighted by Gasteiger charge is 2.16. The minimum Gasteiger partial charge on any atom is -0.309 e. The Labute approximate surface area is 226 Å². The summed E-state index contributed by atoms with van der Waals surface area (Å²) in [5.74, 6) is 0.0511. The number of aryl methyl sites for hydroxylation is 2. The van der Waals surface area contributed by atoms with Crippen LogP contribution in [-0.4, -0.2) is 23.0 Å². The van der Waals surface area contributed by atoms with Gasteiger partial charge in [0.15, 0.2) is 0 Å². The average molecular weight is 532 g/mol. The van der Waals surface area contributed by atoms with Gasteiger partial charge in [-0.15, -0.1) is 0 Å². The number of hydrogen-bond donors (Lipinski definition) is 1. The topological polar surface area (TPSA) is 89.2 Å². The van der Waals surface area contributed by atoms with E-state index in [0.29, 0.717) is 17.1 Å². The number of hydrogen-bond acceptors (Lipinski definition) is 5. The van der Waals surface area contributed by atoms with Crippen LogP contribution in [0.25, 0.3) is 27.5 Å². The van der Waals surface area contributed by atoms with Crippen molar-refractivity contribution in [3.8, 4) is 5.69 Å². The molecule has 0 atom stereocenters. The molecule has 6 aromatic rings. The Morgan fingerprint density at radius 2 is 1.23 bits per heavy atom. The van der Waals surface area contributed by atoms with Crippen molar-refractivity contribution in [2.24, 2.45) is 4.99 Å². The molecule has 0 unspecified atom stereocenters. The second-order valence-corrected chi connectivity index (χ2v) is 10.9. The minimum atomic E-state index is -3.86. The van der Waals surface area contributed by atoms with E-state index in [1.54, 1.807) is 44.2 Å². The summed E-state index contributed by atoms with van der Waals surface area (Å²) in [5.41, 5.74) is 5.13. The van der Waals surface area contributed by atoms with E-state index in [1.807, 2.05) is 42.5 Å². The van der Waals surface area contributed by atoms with Gasteiger partial charge in [0.2, 0.25) is 5.95 Å². The zero-order valence-electron chi connectivity index (χ0n) is 21.4. The summed E-state index contributed by atoms with van der Waals surface area (Å²) < 4.78 is 30.7. The summed E-state index contributed by atoms with van der Waals surface area (Å²) in [6.07, 6.45) is 0. The van der Waals surface area contributed by atoms with Crippen molar-refractivity contribution >= 4 is 43.5 Å². The summed E-state index contributed by atoms with van der Waals surface area (Å²) in [6.45, 7) is 3.59. The van der Waals surface area contributed by atoms with Crippen LogP contribution < -0.4 is 10.1 Å². The molecule has 0 saturated carbocycles. The number of anilines is 1. The largest absolute Gasteiger partial charge is 0.309 e. The van der Waals surface area contributed by atoms with Crippen LogP contribution in [0.3, 0.4) is 0 Å². The normalized spacial score (nSPS) is 11.5. The van der Waals surface area contributed by atoms with E-state index in [2.05, 4.69) is 55.7 Å². The van der Waals surface area contributed by atoms with Gasteiger partial charge in [0.25, 0.3) is 10.0 Å². The molecule has 0 bridgehead atoms. The molecule has 2 aromatic heterocycles. The number of aromatic nitrogens is 3. The fourth-order valence-corrected chi connectivity index (χ4v) is 5.71. The molecule has 6 rings (SSSR count). The molecule has 0 aliphatic rings. The van der Waals surface area contributed by atoms with E-state index in [0.717, 1.165) is 32.9 Å². The number of nitrogens with zero attached hydrogens (tertiary/aromatic N) is 4. The number of sulfonamides is 1. The van der Waals surface area contributed by atoms with Crippen LogP contribution in [-0.2, 0) is 10.0 Å². The zero-order valence-corrected chi connectivity index (χ0v) is 22.2. The predicted molar refractivity (Wildman–Crippen MR) is 155 cm³/mol. The van der Waals surface area contributed by atoms with Crippen LogP contribution in [0.2, 0.25) is 0 Å². The van der Waals surface area contributed by atoms with E-state index < -0.39 is 10.0 Å². The van der Waals surface area contributed by atoms with Crippen molar-refractivity contribution in [2.45, 2.75) is 18.7 Å². The van der Waals surface area contributed by atoms with E-state index in [-0.39, 0.29) is 10.8 Å². The van der Waals surface area contributed by atoms with Gasteiger partial charge < -0.3 is 4.57 Å². The Morgan fingerprint density at radius 1 is 0.692 bits per heavy atom. The molecule has 1 N–H and O–H groups in total. The van der Waals surface area contributed by atoms with Crippen molar-refractivity contribution in [3.63, 3.8) is 0 Å². The van der Waals surface area contributed by atoms with Gasteiger partial charge in [0, 0.05) is 27.8 Å². The maximum Gasteiger partial charge on any atom is 0.264 e. The second kappa shape index (κ2) is 9.81. The third kappa shape index (κ3) is 4.78. The van der Waals surface area contributed by atoms with Gasteiger partial charge in [-0.1, -0.05) is 54.6 Å². The maximum atomic E-state index is 13.0. The van der Waals surface area contributed by atoms with E-state index >= 15 is 0 Å². The molecule has 0 radical (unpaired) electrons. The lowest BCUT2D eigenvalue weighted by Gasteiger charge is -2.16. The summed E-state index contributed by atoms with van der Waals surface area (Å²) in [6, 6.07) is 34.9. The zero-order chi connectivity index (χ0) is 27.0. The second-order valence-electron chi connectivity index (χ2n) is 9.24. The number of fused-ring (bicyclic) bond motifs is 2. The minimum absolute atomic E-state index is 0.0511. The molecular weight excluding hydrogens is 506 g/mol. The van der Waals surface area contributed by atoms with Gasteiger partial charge in [-0.25, -0.2) is 28.1 Å². The summed E-state index contributed by atoms with van der Waals surface area (Å²) in [4.78, 5) is 13.5. The molecule has 0 spiro atoms. The Bertz CT molecular complexity index is 1940. The van der Waals surface area contributed by atoms with Crippen LogP contribution in [0.5, 0.6) is 0 Å². The van der Waals surface area contributed by atoms with Crippen molar-refractivity contribution in [1.82, 2.24) is 14.5 Å². The molecule has 7 nitrogen and oxygen atoms in total. The van der Waals surface area contributed by atoms with Gasteiger partial charge >= 0.3 is 0 Å². The third-order valence-electron chi connectivity index (χ3n) is 6.41. The molecule has 0 fully saturated rings. The molecule has 8 heteroatoms. The first-order chi connectivity index (χ1) is 18.9. The summed E-state index contributed by atoms with van der Waals surface area (Å²) >= 11 is 0. The van der Waals surface area contributed by atoms with Gasteiger partial charge in [-0.05, 0) is 68.4 Å². The van der Waals surface area contributed by atoms with Crippen LogP contribution in [0, 0.1) is 13.8 Å². The number of pyridine rings is 1. The SMILES string of the molecule is Cc1cc(C)nc(NS(=O)(=O)c2ccc(N=c3c4ccccc4n(-c4ccccc4)c4ccccc34)cc2)n1. The summed E-state index contributed by atoms with van der Waals surface area (Å²) in [7, 11) is -3.86. The molecule has 2 heterocycles. The van der Waals surface area contributed by atoms with Gasteiger partial charge in [-0.2, -0.15) is 0 Å². The first-order valence-corrected chi connectivity index (χ1v) is 14.0. The van der Waals surface area contributed by atoms with Crippen LogP contribution in [0.1, 0.15) is 11.4 Å². The highest BCUT2D eigenvalue weighted by Crippen LogP contribution is 2.25.